The first-order valence-electron chi connectivity index (χ1n) is 12.4. The lowest BCUT2D eigenvalue weighted by atomic mass is 9.96. The quantitative estimate of drug-likeness (QED) is 0.211. The van der Waals surface area contributed by atoms with Gasteiger partial charge in [0.1, 0.15) is 5.75 Å². The van der Waals surface area contributed by atoms with Crippen LogP contribution in [0.1, 0.15) is 29.3 Å². The van der Waals surface area contributed by atoms with Crippen molar-refractivity contribution in [2.24, 2.45) is 0 Å². The van der Waals surface area contributed by atoms with Crippen molar-refractivity contribution >= 4 is 22.6 Å². The maximum Gasteiger partial charge on any atom is 0.336 e. The van der Waals surface area contributed by atoms with Gasteiger partial charge in [0.2, 0.25) is 0 Å². The Kier molecular flexibility index (Phi) is 8.75. The van der Waals surface area contributed by atoms with Gasteiger partial charge in [0, 0.05) is 0 Å². The molecule has 0 spiro atoms. The SMILES string of the molecule is CCc1ccc(-c2ccc(-c3cc(OCCC[Si](C)(C)O[Si](C)(C)C)ccc3C(=O)O)cc2)cc1. The first-order valence-corrected chi connectivity index (χ1v) is 18.9. The van der Waals surface area contributed by atoms with Gasteiger partial charge in [-0.2, -0.15) is 0 Å². The molecule has 0 unspecified atom stereocenters. The average Bonchev–Trinajstić information content (AvgIpc) is 2.80. The molecule has 0 aliphatic carbocycles. The van der Waals surface area contributed by atoms with Gasteiger partial charge < -0.3 is 14.0 Å². The van der Waals surface area contributed by atoms with Gasteiger partial charge in [-0.05, 0) is 97.6 Å². The third kappa shape index (κ3) is 7.92. The predicted molar refractivity (Wildman–Crippen MR) is 150 cm³/mol. The van der Waals surface area contributed by atoms with Crippen LogP contribution in [-0.4, -0.2) is 34.3 Å². The molecule has 0 atom stereocenters. The van der Waals surface area contributed by atoms with Crippen LogP contribution in [0, 0.1) is 0 Å². The lowest BCUT2D eigenvalue weighted by Crippen LogP contribution is -2.42. The van der Waals surface area contributed by atoms with Gasteiger partial charge in [0.15, 0.2) is 16.6 Å². The fourth-order valence-electron chi connectivity index (χ4n) is 4.38. The van der Waals surface area contributed by atoms with Crippen LogP contribution >= 0.6 is 0 Å². The number of hydrogen-bond acceptors (Lipinski definition) is 3. The molecule has 1 N–H and O–H groups in total. The molecule has 0 radical (unpaired) electrons. The van der Waals surface area contributed by atoms with E-state index in [-0.39, 0.29) is 5.56 Å². The van der Waals surface area contributed by atoms with Crippen molar-refractivity contribution in [3.05, 3.63) is 77.9 Å². The molecular weight excluding hydrogens is 468 g/mol. The molecule has 0 heterocycles. The summed E-state index contributed by atoms with van der Waals surface area (Å²) in [5, 5.41) is 9.75. The molecule has 0 saturated carbocycles. The van der Waals surface area contributed by atoms with Gasteiger partial charge in [-0.25, -0.2) is 4.79 Å². The fourth-order valence-corrected chi connectivity index (χ4v) is 12.4. The molecule has 0 aromatic heterocycles. The van der Waals surface area contributed by atoms with Crippen LogP contribution in [0.2, 0.25) is 38.8 Å². The number of aryl methyl sites for hydroxylation is 1. The second-order valence-corrected chi connectivity index (χ2v) is 19.6. The third-order valence-corrected chi connectivity index (χ3v) is 12.1. The van der Waals surface area contributed by atoms with E-state index < -0.39 is 22.6 Å². The zero-order valence-electron chi connectivity index (χ0n) is 21.9. The Morgan fingerprint density at radius 3 is 1.94 bits per heavy atom. The summed E-state index contributed by atoms with van der Waals surface area (Å²) in [7, 11) is -3.24. The predicted octanol–water partition coefficient (Wildman–Crippen LogP) is 8.11. The molecule has 0 amide bonds. The second kappa shape index (κ2) is 11.4. The Bertz CT molecular complexity index is 1130. The number of carboxylic acid groups (broad SMARTS) is 1. The van der Waals surface area contributed by atoms with Crippen molar-refractivity contribution in [2.45, 2.75) is 58.5 Å². The van der Waals surface area contributed by atoms with E-state index in [1.54, 1.807) is 12.1 Å². The molecule has 186 valence electrons. The molecule has 3 aromatic carbocycles. The molecule has 0 aliphatic rings. The van der Waals surface area contributed by atoms with Crippen molar-refractivity contribution in [3.8, 4) is 28.0 Å². The van der Waals surface area contributed by atoms with Crippen molar-refractivity contribution in [3.63, 3.8) is 0 Å². The van der Waals surface area contributed by atoms with Crippen LogP contribution in [0.4, 0.5) is 0 Å². The molecule has 4 nitrogen and oxygen atoms in total. The minimum absolute atomic E-state index is 0.273. The first-order chi connectivity index (χ1) is 16.5. The van der Waals surface area contributed by atoms with Gasteiger partial charge in [-0.15, -0.1) is 0 Å². The highest BCUT2D eigenvalue weighted by atomic mass is 28.4. The van der Waals surface area contributed by atoms with E-state index in [1.165, 1.54) is 5.56 Å². The highest BCUT2D eigenvalue weighted by molar-refractivity contribution is 6.84. The van der Waals surface area contributed by atoms with Gasteiger partial charge >= 0.3 is 5.97 Å². The summed E-state index contributed by atoms with van der Waals surface area (Å²) < 4.78 is 12.4. The molecule has 35 heavy (non-hydrogen) atoms. The molecular formula is C29H38O4Si2. The van der Waals surface area contributed by atoms with Crippen LogP contribution in [-0.2, 0) is 10.5 Å². The number of rotatable bonds is 11. The van der Waals surface area contributed by atoms with Crippen molar-refractivity contribution in [2.75, 3.05) is 6.61 Å². The highest BCUT2D eigenvalue weighted by Crippen LogP contribution is 2.31. The summed E-state index contributed by atoms with van der Waals surface area (Å²) in [4.78, 5) is 11.9. The first kappa shape index (κ1) is 26.9. The van der Waals surface area contributed by atoms with Gasteiger partial charge in [-0.3, -0.25) is 0 Å². The lowest BCUT2D eigenvalue weighted by Gasteiger charge is -2.31. The topological polar surface area (TPSA) is 55.8 Å². The van der Waals surface area contributed by atoms with E-state index in [2.05, 4.69) is 63.9 Å². The third-order valence-electron chi connectivity index (χ3n) is 5.89. The zero-order valence-corrected chi connectivity index (χ0v) is 23.9. The van der Waals surface area contributed by atoms with Crippen molar-refractivity contribution in [1.82, 2.24) is 0 Å². The van der Waals surface area contributed by atoms with Crippen LogP contribution in [0.25, 0.3) is 22.3 Å². The molecule has 0 fully saturated rings. The molecule has 6 heteroatoms. The monoisotopic (exact) mass is 506 g/mol. The standard InChI is InChI=1S/C29H38O4Si2/c1-7-22-9-11-23(12-10-22)24-13-15-25(16-14-24)28-21-26(17-18-27(28)29(30)31)32-19-8-20-35(5,6)33-34(2,3)4/h9-18,21H,7-8,19-20H2,1-6H3,(H,30,31). The number of ether oxygens (including phenoxy) is 1. The molecule has 0 aliphatic heterocycles. The summed E-state index contributed by atoms with van der Waals surface area (Å²) in [6.45, 7) is 14.0. The molecule has 0 saturated heterocycles. The Balaban J connectivity index is 1.72. The van der Waals surface area contributed by atoms with E-state index in [1.807, 2.05) is 30.3 Å². The van der Waals surface area contributed by atoms with Crippen LogP contribution in [0.5, 0.6) is 5.75 Å². The highest BCUT2D eigenvalue weighted by Gasteiger charge is 2.29. The maximum atomic E-state index is 11.9. The number of carboxylic acids is 1. The van der Waals surface area contributed by atoms with Gasteiger partial charge in [0.25, 0.3) is 0 Å². The van der Waals surface area contributed by atoms with Crippen molar-refractivity contribution < 1.29 is 18.8 Å². The number of benzene rings is 3. The van der Waals surface area contributed by atoms with Crippen LogP contribution < -0.4 is 4.74 Å². The normalized spacial score (nSPS) is 11.9. The number of carbonyl (C=O) groups is 1. The summed E-state index contributed by atoms with van der Waals surface area (Å²) in [6, 6.07) is 22.9. The zero-order chi connectivity index (χ0) is 25.6. The molecule has 3 aromatic rings. The molecule has 3 rings (SSSR count). The maximum absolute atomic E-state index is 11.9. The fraction of sp³-hybridized carbons (Fsp3) is 0.345. The largest absolute Gasteiger partial charge is 0.494 e. The Labute approximate surface area is 212 Å². The number of aromatic carboxylic acids is 1. The van der Waals surface area contributed by atoms with E-state index in [0.29, 0.717) is 17.9 Å². The Hall–Kier alpha value is -2.68. The summed E-state index contributed by atoms with van der Waals surface area (Å²) in [6.07, 6.45) is 1.94. The Morgan fingerprint density at radius 2 is 1.40 bits per heavy atom. The minimum Gasteiger partial charge on any atom is -0.494 e. The van der Waals surface area contributed by atoms with Crippen LogP contribution in [0.3, 0.4) is 0 Å². The Morgan fingerprint density at radius 1 is 0.829 bits per heavy atom. The van der Waals surface area contributed by atoms with E-state index in [0.717, 1.165) is 35.6 Å². The van der Waals surface area contributed by atoms with Crippen LogP contribution in [0.15, 0.2) is 66.7 Å². The van der Waals surface area contributed by atoms with E-state index >= 15 is 0 Å². The van der Waals surface area contributed by atoms with Gasteiger partial charge in [-0.1, -0.05) is 55.5 Å². The smallest absolute Gasteiger partial charge is 0.336 e. The summed E-state index contributed by atoms with van der Waals surface area (Å²) in [5.41, 5.74) is 5.36. The van der Waals surface area contributed by atoms with Gasteiger partial charge in [0.05, 0.1) is 12.2 Å². The summed E-state index contributed by atoms with van der Waals surface area (Å²) >= 11 is 0. The minimum atomic E-state index is -1.70. The van der Waals surface area contributed by atoms with Crippen molar-refractivity contribution in [1.29, 1.82) is 0 Å². The average molecular weight is 507 g/mol. The number of hydrogen-bond donors (Lipinski definition) is 1. The lowest BCUT2D eigenvalue weighted by molar-refractivity contribution is 0.0697. The molecule has 0 bridgehead atoms. The second-order valence-electron chi connectivity index (χ2n) is 10.6. The summed E-state index contributed by atoms with van der Waals surface area (Å²) in [5.74, 6) is -0.253. The van der Waals surface area contributed by atoms with E-state index in [4.69, 9.17) is 8.85 Å². The van der Waals surface area contributed by atoms with E-state index in [9.17, 15) is 9.90 Å².